The summed E-state index contributed by atoms with van der Waals surface area (Å²) in [7, 11) is 0. The van der Waals surface area contributed by atoms with E-state index in [0.29, 0.717) is 11.9 Å². The van der Waals surface area contributed by atoms with E-state index < -0.39 is 0 Å². The van der Waals surface area contributed by atoms with E-state index in [1.54, 1.807) is 13.0 Å². The summed E-state index contributed by atoms with van der Waals surface area (Å²) in [6, 6.07) is 0. The van der Waals surface area contributed by atoms with Gasteiger partial charge in [0.1, 0.15) is 6.29 Å². The van der Waals surface area contributed by atoms with Crippen LogP contribution in [-0.2, 0) is 4.79 Å². The third-order valence-electron chi connectivity index (χ3n) is 0.705. The molecule has 0 bridgehead atoms. The van der Waals surface area contributed by atoms with Crippen LogP contribution in [0.4, 0.5) is 0 Å². The van der Waals surface area contributed by atoms with Gasteiger partial charge in [0.2, 0.25) is 0 Å². The van der Waals surface area contributed by atoms with Crippen molar-refractivity contribution in [2.45, 2.75) is 6.92 Å². The smallest absolute Gasteiger partial charge is 0.148 e. The number of aliphatic hydroxyl groups is 1. The number of aldehydes is 1. The van der Waals surface area contributed by atoms with Gasteiger partial charge in [-0.15, -0.1) is 0 Å². The zero-order valence-corrected chi connectivity index (χ0v) is 4.22. The van der Waals surface area contributed by atoms with Crippen molar-refractivity contribution in [3.63, 3.8) is 0 Å². The molecule has 0 aromatic rings. The van der Waals surface area contributed by atoms with Gasteiger partial charge in [0.05, 0.1) is 6.61 Å². The number of rotatable bonds is 2. The summed E-state index contributed by atoms with van der Waals surface area (Å²) in [6.45, 7) is 1.56. The third-order valence-corrected chi connectivity index (χ3v) is 0.705. The molecule has 2 nitrogen and oxygen atoms in total. The Hall–Kier alpha value is -0.630. The van der Waals surface area contributed by atoms with Gasteiger partial charge in [0.15, 0.2) is 0 Å². The number of aliphatic hydroxyl groups excluding tert-OH is 1. The Balaban J connectivity index is 3.60. The van der Waals surface area contributed by atoms with Crippen molar-refractivity contribution in [2.24, 2.45) is 0 Å². The van der Waals surface area contributed by atoms with Crippen LogP contribution in [0.25, 0.3) is 0 Å². The van der Waals surface area contributed by atoms with Gasteiger partial charge < -0.3 is 5.11 Å². The molecular formula is C5H8O2. The first-order valence-corrected chi connectivity index (χ1v) is 2.06. The standard InChI is InChI=1S/C5H8O2/c1-2-5(3-6)4-7/h2-3,7H,4H2,1H3. The largest absolute Gasteiger partial charge is 0.392 e. The van der Waals surface area contributed by atoms with E-state index in [0.717, 1.165) is 0 Å². The molecule has 0 saturated heterocycles. The first kappa shape index (κ1) is 6.37. The van der Waals surface area contributed by atoms with E-state index in [4.69, 9.17) is 5.11 Å². The van der Waals surface area contributed by atoms with Crippen molar-refractivity contribution in [3.8, 4) is 0 Å². The summed E-state index contributed by atoms with van der Waals surface area (Å²) in [6.07, 6.45) is 2.22. The van der Waals surface area contributed by atoms with E-state index in [1.165, 1.54) is 0 Å². The molecule has 7 heavy (non-hydrogen) atoms. The van der Waals surface area contributed by atoms with E-state index in [1.807, 2.05) is 0 Å². The van der Waals surface area contributed by atoms with Gasteiger partial charge in [-0.2, -0.15) is 0 Å². The van der Waals surface area contributed by atoms with E-state index in [2.05, 4.69) is 0 Å². The molecule has 0 aliphatic heterocycles. The van der Waals surface area contributed by atoms with E-state index in [-0.39, 0.29) is 6.61 Å². The maximum atomic E-state index is 9.74. The Morgan fingerprint density at radius 3 is 2.43 bits per heavy atom. The highest BCUT2D eigenvalue weighted by Crippen LogP contribution is 1.82. The summed E-state index contributed by atoms with van der Waals surface area (Å²) in [5.74, 6) is 0. The number of hydrogen-bond donors (Lipinski definition) is 1. The van der Waals surface area contributed by atoms with Crippen molar-refractivity contribution in [2.75, 3.05) is 6.61 Å². The molecule has 0 saturated carbocycles. The number of carbonyl (C=O) groups is 1. The van der Waals surface area contributed by atoms with Gasteiger partial charge in [-0.3, -0.25) is 4.79 Å². The van der Waals surface area contributed by atoms with Gasteiger partial charge in [0, 0.05) is 5.57 Å². The highest BCUT2D eigenvalue weighted by molar-refractivity contribution is 5.73. The molecule has 0 aliphatic rings. The molecule has 0 aliphatic carbocycles. The van der Waals surface area contributed by atoms with Gasteiger partial charge in [0.25, 0.3) is 0 Å². The van der Waals surface area contributed by atoms with Crippen LogP contribution in [0.3, 0.4) is 0 Å². The predicted molar refractivity (Wildman–Crippen MR) is 26.9 cm³/mol. The van der Waals surface area contributed by atoms with Crippen LogP contribution >= 0.6 is 0 Å². The monoisotopic (exact) mass is 100 g/mol. The molecule has 0 aromatic carbocycles. The summed E-state index contributed by atoms with van der Waals surface area (Å²) in [5.41, 5.74) is 0.431. The van der Waals surface area contributed by atoms with Gasteiger partial charge in [-0.1, -0.05) is 6.08 Å². The van der Waals surface area contributed by atoms with Crippen LogP contribution < -0.4 is 0 Å². The molecular weight excluding hydrogens is 92.1 g/mol. The highest BCUT2D eigenvalue weighted by atomic mass is 16.3. The molecule has 0 rings (SSSR count). The lowest BCUT2D eigenvalue weighted by Crippen LogP contribution is -1.88. The zero-order chi connectivity index (χ0) is 5.70. The number of hydrogen-bond acceptors (Lipinski definition) is 2. The zero-order valence-electron chi connectivity index (χ0n) is 4.22. The van der Waals surface area contributed by atoms with Gasteiger partial charge in [-0.25, -0.2) is 0 Å². The highest BCUT2D eigenvalue weighted by Gasteiger charge is 1.83. The molecule has 40 valence electrons. The topological polar surface area (TPSA) is 37.3 Å². The summed E-state index contributed by atoms with van der Waals surface area (Å²) in [4.78, 5) is 9.74. The maximum absolute atomic E-state index is 9.74. The Labute approximate surface area is 42.5 Å². The molecule has 0 unspecified atom stereocenters. The SMILES string of the molecule is CC=C(C=O)CO. The van der Waals surface area contributed by atoms with Crippen LogP contribution in [0.1, 0.15) is 6.92 Å². The van der Waals surface area contributed by atoms with Crippen molar-refractivity contribution in [1.29, 1.82) is 0 Å². The lowest BCUT2D eigenvalue weighted by atomic mass is 10.3. The fourth-order valence-corrected chi connectivity index (χ4v) is 0.197. The average molecular weight is 100 g/mol. The number of allylic oxidation sites excluding steroid dienone is 1. The molecule has 1 N–H and O–H groups in total. The second-order valence-electron chi connectivity index (χ2n) is 1.14. The predicted octanol–water partition coefficient (Wildman–Crippen LogP) is 0.124. The Morgan fingerprint density at radius 2 is 2.43 bits per heavy atom. The van der Waals surface area contributed by atoms with Crippen LogP contribution in [0.2, 0.25) is 0 Å². The molecule has 0 atom stereocenters. The number of carbonyl (C=O) groups excluding carboxylic acids is 1. The normalized spacial score (nSPS) is 11.4. The second-order valence-corrected chi connectivity index (χ2v) is 1.14. The fraction of sp³-hybridized carbons (Fsp3) is 0.400. The molecule has 0 amide bonds. The quantitative estimate of drug-likeness (QED) is 0.395. The van der Waals surface area contributed by atoms with Crippen LogP contribution in [0.5, 0.6) is 0 Å². The van der Waals surface area contributed by atoms with Gasteiger partial charge in [-0.05, 0) is 6.92 Å². The minimum absolute atomic E-state index is 0.153. The minimum atomic E-state index is -0.153. The van der Waals surface area contributed by atoms with E-state index >= 15 is 0 Å². The van der Waals surface area contributed by atoms with Crippen molar-refractivity contribution in [3.05, 3.63) is 11.6 Å². The van der Waals surface area contributed by atoms with E-state index in [9.17, 15) is 4.79 Å². The lowest BCUT2D eigenvalue weighted by molar-refractivity contribution is -0.105. The van der Waals surface area contributed by atoms with Crippen LogP contribution in [0, 0.1) is 0 Å². The van der Waals surface area contributed by atoms with Crippen LogP contribution in [-0.4, -0.2) is 18.0 Å². The van der Waals surface area contributed by atoms with Crippen molar-refractivity contribution >= 4 is 6.29 Å². The fourth-order valence-electron chi connectivity index (χ4n) is 0.197. The molecule has 0 radical (unpaired) electrons. The first-order valence-electron chi connectivity index (χ1n) is 2.06. The summed E-state index contributed by atoms with van der Waals surface area (Å²) < 4.78 is 0. The molecule has 0 fully saturated rings. The molecule has 0 aromatic heterocycles. The maximum Gasteiger partial charge on any atom is 0.148 e. The molecule has 2 heteroatoms. The first-order chi connectivity index (χ1) is 3.35. The molecule has 0 spiro atoms. The summed E-state index contributed by atoms with van der Waals surface area (Å²) >= 11 is 0. The lowest BCUT2D eigenvalue weighted by Gasteiger charge is -1.83. The van der Waals surface area contributed by atoms with Crippen LogP contribution in [0.15, 0.2) is 11.6 Å². The average Bonchev–Trinajstić information content (AvgIpc) is 1.72. The molecule has 0 heterocycles. The summed E-state index contributed by atoms with van der Waals surface area (Å²) in [5, 5.41) is 8.23. The minimum Gasteiger partial charge on any atom is -0.392 e. The van der Waals surface area contributed by atoms with Crippen molar-refractivity contribution in [1.82, 2.24) is 0 Å². The Bertz CT molecular complexity index is 84.1. The Morgan fingerprint density at radius 1 is 1.86 bits per heavy atom. The second kappa shape index (κ2) is 3.56. The Kier molecular flexibility index (Phi) is 3.24. The van der Waals surface area contributed by atoms with Crippen molar-refractivity contribution < 1.29 is 9.90 Å². The van der Waals surface area contributed by atoms with Gasteiger partial charge >= 0.3 is 0 Å². The third kappa shape index (κ3) is 2.11.